The average molecular weight is 421 g/mol. The predicted molar refractivity (Wildman–Crippen MR) is 105 cm³/mol. The summed E-state index contributed by atoms with van der Waals surface area (Å²) in [4.78, 5) is 2.61. The van der Waals surface area contributed by atoms with E-state index in [1.807, 2.05) is 0 Å². The third-order valence-corrected chi connectivity index (χ3v) is 7.29. The van der Waals surface area contributed by atoms with Crippen molar-refractivity contribution >= 4 is 5.69 Å². The van der Waals surface area contributed by atoms with E-state index in [9.17, 15) is 0 Å². The minimum Gasteiger partial charge on any atom is -1.00 e. The maximum absolute atomic E-state index is 2.62. The average Bonchev–Trinajstić information content (AvgIpc) is 2.61. The molecule has 146 valence electrons. The molecule has 2 nitrogen and oxygen atoms in total. The number of hydrogen-bond acceptors (Lipinski definition) is 1. The Morgan fingerprint density at radius 2 is 1.35 bits per heavy atom. The molecule has 0 spiro atoms. The molecule has 0 atom stereocenters. The zero-order chi connectivity index (χ0) is 17.3. The molecule has 4 aliphatic rings. The number of unbranched alkanes of at least 4 members (excludes halogenated alkanes) is 2. The fourth-order valence-electron chi connectivity index (χ4n) is 6.39. The minimum atomic E-state index is 0. The van der Waals surface area contributed by atoms with E-state index >= 15 is 0 Å². The maximum atomic E-state index is 2.62. The number of halogens is 1. The molecule has 0 saturated heterocycles. The molecular weight excluding hydrogens is 384 g/mol. The Hall–Kier alpha value is -0.570. The summed E-state index contributed by atoms with van der Waals surface area (Å²) in [6, 6.07) is 4.81. The minimum absolute atomic E-state index is 0. The Labute approximate surface area is 171 Å². The van der Waals surface area contributed by atoms with E-state index in [1.165, 1.54) is 83.0 Å². The Morgan fingerprint density at radius 1 is 0.885 bits per heavy atom. The predicted octanol–water partition coefficient (Wildman–Crippen LogP) is 2.31. The normalized spacial score (nSPS) is 31.7. The van der Waals surface area contributed by atoms with Crippen LogP contribution < -0.4 is 26.4 Å². The molecule has 4 saturated carbocycles. The first kappa shape index (κ1) is 20.2. The van der Waals surface area contributed by atoms with E-state index in [0.717, 1.165) is 17.8 Å². The van der Waals surface area contributed by atoms with Gasteiger partial charge in [-0.3, -0.25) is 0 Å². The second kappa shape index (κ2) is 8.63. The van der Waals surface area contributed by atoms with E-state index in [4.69, 9.17) is 0 Å². The molecule has 4 bridgehead atoms. The zero-order valence-electron chi connectivity index (χ0n) is 16.8. The second-order valence-electron chi connectivity index (χ2n) is 9.30. The van der Waals surface area contributed by atoms with Crippen molar-refractivity contribution in [2.75, 3.05) is 18.0 Å². The summed E-state index contributed by atoms with van der Waals surface area (Å²) < 4.78 is 2.62. The van der Waals surface area contributed by atoms with Crippen LogP contribution in [-0.4, -0.2) is 13.1 Å². The van der Waals surface area contributed by atoms with Gasteiger partial charge in [0.1, 0.15) is 0 Å². The first-order valence-electron chi connectivity index (χ1n) is 11.0. The fraction of sp³-hybridized carbons (Fsp3) is 0.783. The van der Waals surface area contributed by atoms with Crippen LogP contribution in [0.4, 0.5) is 5.69 Å². The SMILES string of the molecule is CCCCN(CCCC)c1cc[n+](C23CC4CC(CC(C4)C2)C3)cc1.[Br-]. The van der Waals surface area contributed by atoms with Crippen LogP contribution in [-0.2, 0) is 5.54 Å². The van der Waals surface area contributed by atoms with E-state index < -0.39 is 0 Å². The van der Waals surface area contributed by atoms with Gasteiger partial charge in [-0.05, 0) is 49.9 Å². The molecule has 4 fully saturated rings. The zero-order valence-corrected chi connectivity index (χ0v) is 18.4. The molecule has 0 unspecified atom stereocenters. The van der Waals surface area contributed by atoms with E-state index in [1.54, 1.807) is 0 Å². The molecule has 0 amide bonds. The number of aromatic nitrogens is 1. The first-order chi connectivity index (χ1) is 12.2. The van der Waals surface area contributed by atoms with Crippen LogP contribution >= 0.6 is 0 Å². The largest absolute Gasteiger partial charge is 1.00 e. The number of pyridine rings is 1. The fourth-order valence-corrected chi connectivity index (χ4v) is 6.39. The van der Waals surface area contributed by atoms with Gasteiger partial charge in [0.2, 0.25) is 0 Å². The number of rotatable bonds is 8. The molecule has 5 rings (SSSR count). The highest BCUT2D eigenvalue weighted by molar-refractivity contribution is 5.43. The monoisotopic (exact) mass is 420 g/mol. The van der Waals surface area contributed by atoms with Gasteiger partial charge in [0.05, 0.1) is 0 Å². The Bertz CT molecular complexity index is 525. The lowest BCUT2D eigenvalue weighted by atomic mass is 9.53. The van der Waals surface area contributed by atoms with Crippen LogP contribution in [0, 0.1) is 17.8 Å². The molecule has 0 N–H and O–H groups in total. The number of nitrogens with zero attached hydrogens (tertiary/aromatic N) is 2. The summed E-state index contributed by atoms with van der Waals surface area (Å²) in [5.74, 6) is 3.05. The molecule has 0 radical (unpaired) electrons. The van der Waals surface area contributed by atoms with E-state index in [2.05, 4.69) is 47.8 Å². The van der Waals surface area contributed by atoms with Gasteiger partial charge in [0.25, 0.3) is 0 Å². The molecule has 4 aliphatic carbocycles. The molecule has 0 aromatic carbocycles. The van der Waals surface area contributed by atoms with Crippen LogP contribution in [0.3, 0.4) is 0 Å². The van der Waals surface area contributed by atoms with E-state index in [0.29, 0.717) is 5.54 Å². The van der Waals surface area contributed by atoms with Crippen LogP contribution in [0.1, 0.15) is 78.1 Å². The standard InChI is InChI=1S/C23H37N2.BrH/c1-3-5-9-24(10-6-4-2)22-7-11-25(12-8-22)23-16-19-13-20(17-23)15-21(14-19)18-23;/h7-8,11-12,19-21H,3-6,9-10,13-18H2,1-2H3;1H/q+1;/p-1. The van der Waals surface area contributed by atoms with Crippen LogP contribution in [0.25, 0.3) is 0 Å². The summed E-state index contributed by atoms with van der Waals surface area (Å²) in [6.45, 7) is 7.00. The Morgan fingerprint density at radius 3 is 1.77 bits per heavy atom. The molecule has 26 heavy (non-hydrogen) atoms. The third kappa shape index (κ3) is 3.98. The number of anilines is 1. The lowest BCUT2D eigenvalue weighted by Gasteiger charge is -2.53. The van der Waals surface area contributed by atoms with Gasteiger partial charge in [-0.2, -0.15) is 4.57 Å². The first-order valence-corrected chi connectivity index (χ1v) is 11.0. The highest BCUT2D eigenvalue weighted by Gasteiger charge is 2.56. The van der Waals surface area contributed by atoms with Crippen molar-refractivity contribution < 1.29 is 21.5 Å². The van der Waals surface area contributed by atoms with Crippen LogP contribution in [0.5, 0.6) is 0 Å². The highest BCUT2D eigenvalue weighted by atomic mass is 79.9. The quantitative estimate of drug-likeness (QED) is 0.585. The summed E-state index contributed by atoms with van der Waals surface area (Å²) in [7, 11) is 0. The van der Waals surface area contributed by atoms with Crippen molar-refractivity contribution in [2.24, 2.45) is 17.8 Å². The molecular formula is C23H37BrN2. The lowest BCUT2D eigenvalue weighted by Crippen LogP contribution is -3.00. The van der Waals surface area contributed by atoms with Gasteiger partial charge in [-0.25, -0.2) is 0 Å². The highest BCUT2D eigenvalue weighted by Crippen LogP contribution is 2.56. The van der Waals surface area contributed by atoms with Crippen molar-refractivity contribution in [1.29, 1.82) is 0 Å². The van der Waals surface area contributed by atoms with Crippen molar-refractivity contribution in [1.82, 2.24) is 0 Å². The lowest BCUT2D eigenvalue weighted by molar-refractivity contribution is -0.776. The van der Waals surface area contributed by atoms with Gasteiger partial charge in [0.15, 0.2) is 17.9 Å². The second-order valence-corrected chi connectivity index (χ2v) is 9.30. The molecule has 0 aliphatic heterocycles. The molecule has 1 heterocycles. The summed E-state index contributed by atoms with van der Waals surface area (Å²) in [5.41, 5.74) is 1.90. The van der Waals surface area contributed by atoms with Gasteiger partial charge >= 0.3 is 0 Å². The maximum Gasteiger partial charge on any atom is 0.171 e. The third-order valence-electron chi connectivity index (χ3n) is 7.29. The topological polar surface area (TPSA) is 7.12 Å². The number of hydrogen-bond donors (Lipinski definition) is 0. The van der Waals surface area contributed by atoms with Gasteiger partial charge < -0.3 is 21.9 Å². The van der Waals surface area contributed by atoms with Gasteiger partial charge in [0, 0.05) is 50.2 Å². The smallest absolute Gasteiger partial charge is 0.171 e. The Kier molecular flexibility index (Phi) is 6.69. The molecule has 1 aromatic heterocycles. The van der Waals surface area contributed by atoms with Gasteiger partial charge in [-0.1, -0.05) is 26.7 Å². The van der Waals surface area contributed by atoms with Crippen molar-refractivity contribution in [3.8, 4) is 0 Å². The van der Waals surface area contributed by atoms with Crippen LogP contribution in [0.2, 0.25) is 0 Å². The summed E-state index contributed by atoms with van der Waals surface area (Å²) in [5, 5.41) is 0. The van der Waals surface area contributed by atoms with E-state index in [-0.39, 0.29) is 17.0 Å². The van der Waals surface area contributed by atoms with Crippen molar-refractivity contribution in [3.05, 3.63) is 24.5 Å². The molecule has 3 heteroatoms. The van der Waals surface area contributed by atoms with Crippen molar-refractivity contribution in [3.63, 3.8) is 0 Å². The molecule has 1 aromatic rings. The summed E-state index contributed by atoms with van der Waals surface area (Å²) >= 11 is 0. The van der Waals surface area contributed by atoms with Gasteiger partial charge in [-0.15, -0.1) is 0 Å². The Balaban J connectivity index is 0.00000196. The summed E-state index contributed by atoms with van der Waals surface area (Å²) in [6.07, 6.45) is 18.9. The van der Waals surface area contributed by atoms with Crippen molar-refractivity contribution in [2.45, 2.75) is 83.6 Å². The van der Waals surface area contributed by atoms with Crippen LogP contribution in [0.15, 0.2) is 24.5 Å².